The number of amides is 1. The number of nitrogens with two attached hydrogens (primary N) is 1. The van der Waals surface area contributed by atoms with Crippen LogP contribution in [0.15, 0.2) is 40.9 Å². The van der Waals surface area contributed by atoms with Crippen molar-refractivity contribution in [2.24, 2.45) is 11.7 Å². The lowest BCUT2D eigenvalue weighted by atomic mass is 9.68. The van der Waals surface area contributed by atoms with Crippen LogP contribution < -0.4 is 5.73 Å². The Morgan fingerprint density at radius 2 is 1.79 bits per heavy atom. The van der Waals surface area contributed by atoms with Crippen LogP contribution >= 0.6 is 0 Å². The second-order valence-corrected chi connectivity index (χ2v) is 6.95. The number of primary amides is 1. The average Bonchev–Trinajstić information content (AvgIpc) is 2.61. The van der Waals surface area contributed by atoms with Crippen molar-refractivity contribution in [1.82, 2.24) is 0 Å². The van der Waals surface area contributed by atoms with Gasteiger partial charge in [-0.15, -0.1) is 0 Å². The molecule has 1 amide bonds. The van der Waals surface area contributed by atoms with Crippen LogP contribution in [0.4, 0.5) is 0 Å². The number of hydrogen-bond donors (Lipinski definition) is 5. The van der Waals surface area contributed by atoms with Gasteiger partial charge >= 0.3 is 0 Å². The van der Waals surface area contributed by atoms with Gasteiger partial charge in [-0.2, -0.15) is 0 Å². The van der Waals surface area contributed by atoms with Crippen molar-refractivity contribution in [3.8, 4) is 5.75 Å². The zero-order chi connectivity index (χ0) is 21.0. The SMILES string of the molecule is C[C@@]1(O)c2cccc(O)c2C(=O)C[C@@H]1CC1=C(O)C(=O)C(C(N)=O)=C(O)C1=O. The van der Waals surface area contributed by atoms with E-state index in [9.17, 15) is 39.6 Å². The molecule has 9 heteroatoms. The lowest BCUT2D eigenvalue weighted by molar-refractivity contribution is -0.124. The number of allylic oxidation sites excluding steroid dienone is 2. The molecule has 2 aliphatic rings. The van der Waals surface area contributed by atoms with E-state index < -0.39 is 63.9 Å². The Morgan fingerprint density at radius 1 is 1.14 bits per heavy atom. The summed E-state index contributed by atoms with van der Waals surface area (Å²) in [5, 5.41) is 40.9. The molecule has 3 rings (SSSR count). The Kier molecular flexibility index (Phi) is 4.35. The van der Waals surface area contributed by atoms with Crippen LogP contribution in [0.1, 0.15) is 35.7 Å². The highest BCUT2D eigenvalue weighted by molar-refractivity contribution is 6.33. The standard InChI is InChI=1S/C19H17NO8/c1-19(28)7(6-11(22)12-9(19)3-2-4-10(12)21)5-8-14(23)16(25)13(18(20)27)17(26)15(8)24/h2-4,7,21,23,26,28H,5-6H2,1H3,(H2,20,27)/t7-,19-/m0/s1. The maximum atomic E-state index is 12.5. The largest absolute Gasteiger partial charge is 0.507 e. The van der Waals surface area contributed by atoms with Gasteiger partial charge in [0.1, 0.15) is 11.3 Å². The van der Waals surface area contributed by atoms with Crippen LogP contribution in [0.25, 0.3) is 0 Å². The van der Waals surface area contributed by atoms with E-state index in [4.69, 9.17) is 5.73 Å². The summed E-state index contributed by atoms with van der Waals surface area (Å²) in [5.74, 6) is -7.85. The summed E-state index contributed by atoms with van der Waals surface area (Å²) in [5.41, 5.74) is 1.82. The highest BCUT2D eigenvalue weighted by Crippen LogP contribution is 2.45. The lowest BCUT2D eigenvalue weighted by Gasteiger charge is -2.39. The second kappa shape index (κ2) is 6.31. The molecule has 6 N–H and O–H groups in total. The fourth-order valence-electron chi connectivity index (χ4n) is 3.66. The predicted molar refractivity (Wildman–Crippen MR) is 93.3 cm³/mol. The van der Waals surface area contributed by atoms with E-state index in [1.165, 1.54) is 25.1 Å². The number of phenols is 1. The number of fused-ring (bicyclic) bond motifs is 1. The van der Waals surface area contributed by atoms with Crippen LogP contribution in [0.2, 0.25) is 0 Å². The van der Waals surface area contributed by atoms with Crippen molar-refractivity contribution in [3.05, 3.63) is 52.0 Å². The van der Waals surface area contributed by atoms with Crippen LogP contribution in [0, 0.1) is 5.92 Å². The Morgan fingerprint density at radius 3 is 2.39 bits per heavy atom. The van der Waals surface area contributed by atoms with Gasteiger partial charge < -0.3 is 26.2 Å². The Balaban J connectivity index is 2.03. The van der Waals surface area contributed by atoms with E-state index in [2.05, 4.69) is 0 Å². The van der Waals surface area contributed by atoms with Crippen LogP contribution in [0.3, 0.4) is 0 Å². The van der Waals surface area contributed by atoms with Crippen molar-refractivity contribution >= 4 is 23.3 Å². The van der Waals surface area contributed by atoms with Gasteiger partial charge in [0.2, 0.25) is 11.6 Å². The van der Waals surface area contributed by atoms with Crippen LogP contribution in [0.5, 0.6) is 5.75 Å². The number of ketones is 3. The molecule has 0 unspecified atom stereocenters. The molecule has 0 aromatic heterocycles. The molecular formula is C19H17NO8. The van der Waals surface area contributed by atoms with Crippen molar-refractivity contribution in [1.29, 1.82) is 0 Å². The third kappa shape index (κ3) is 2.67. The molecule has 0 bridgehead atoms. The average molecular weight is 387 g/mol. The van der Waals surface area contributed by atoms with Gasteiger partial charge in [0.15, 0.2) is 17.3 Å². The van der Waals surface area contributed by atoms with Crippen molar-refractivity contribution in [2.75, 3.05) is 0 Å². The maximum Gasteiger partial charge on any atom is 0.256 e. The molecule has 0 heterocycles. The molecular weight excluding hydrogens is 370 g/mol. The molecule has 2 aliphatic carbocycles. The Hall–Kier alpha value is -3.46. The number of aliphatic hydroxyl groups excluding tert-OH is 2. The summed E-state index contributed by atoms with van der Waals surface area (Å²) in [6, 6.07) is 4.20. The first-order valence-corrected chi connectivity index (χ1v) is 8.31. The molecule has 0 saturated carbocycles. The van der Waals surface area contributed by atoms with Gasteiger partial charge in [-0.3, -0.25) is 19.2 Å². The van der Waals surface area contributed by atoms with Gasteiger partial charge in [-0.25, -0.2) is 0 Å². The number of carbonyl (C=O) groups excluding carboxylic acids is 4. The van der Waals surface area contributed by atoms with E-state index in [-0.39, 0.29) is 23.3 Å². The fraction of sp³-hybridized carbons (Fsp3) is 0.263. The van der Waals surface area contributed by atoms with Gasteiger partial charge in [-0.05, 0) is 25.0 Å². The minimum atomic E-state index is -1.69. The monoisotopic (exact) mass is 387 g/mol. The normalized spacial score (nSPS) is 25.2. The van der Waals surface area contributed by atoms with Crippen molar-refractivity contribution in [2.45, 2.75) is 25.4 Å². The molecule has 0 radical (unpaired) electrons. The van der Waals surface area contributed by atoms with Gasteiger partial charge in [0.05, 0.1) is 11.2 Å². The molecule has 28 heavy (non-hydrogen) atoms. The molecule has 2 atom stereocenters. The number of carbonyl (C=O) groups is 4. The van der Waals surface area contributed by atoms with E-state index in [0.717, 1.165) is 0 Å². The molecule has 0 spiro atoms. The van der Waals surface area contributed by atoms with Crippen molar-refractivity contribution < 1.29 is 39.6 Å². The summed E-state index contributed by atoms with van der Waals surface area (Å²) >= 11 is 0. The van der Waals surface area contributed by atoms with E-state index in [0.29, 0.717) is 0 Å². The Bertz CT molecular complexity index is 1010. The second-order valence-electron chi connectivity index (χ2n) is 6.95. The zero-order valence-corrected chi connectivity index (χ0v) is 14.7. The number of hydrogen-bond acceptors (Lipinski definition) is 8. The topological polar surface area (TPSA) is 175 Å². The summed E-state index contributed by atoms with van der Waals surface area (Å²) < 4.78 is 0. The number of benzene rings is 1. The molecule has 0 aliphatic heterocycles. The quantitative estimate of drug-likeness (QED) is 0.367. The highest BCUT2D eigenvalue weighted by Gasteiger charge is 2.46. The van der Waals surface area contributed by atoms with E-state index in [1.54, 1.807) is 0 Å². The van der Waals surface area contributed by atoms with Gasteiger partial charge in [-0.1, -0.05) is 12.1 Å². The van der Waals surface area contributed by atoms with Crippen LogP contribution in [-0.2, 0) is 20.0 Å². The highest BCUT2D eigenvalue weighted by atomic mass is 16.3. The summed E-state index contributed by atoms with van der Waals surface area (Å²) in [4.78, 5) is 48.2. The number of rotatable bonds is 3. The minimum absolute atomic E-state index is 0.0354. The molecule has 0 fully saturated rings. The summed E-state index contributed by atoms with van der Waals surface area (Å²) in [6.45, 7) is 1.37. The Labute approximate surface area is 158 Å². The third-order valence-electron chi connectivity index (χ3n) is 5.24. The van der Waals surface area contributed by atoms with E-state index >= 15 is 0 Å². The third-order valence-corrected chi connectivity index (χ3v) is 5.24. The van der Waals surface area contributed by atoms with Crippen molar-refractivity contribution in [3.63, 3.8) is 0 Å². The molecule has 1 aromatic carbocycles. The first-order valence-electron chi connectivity index (χ1n) is 8.31. The molecule has 1 aromatic rings. The van der Waals surface area contributed by atoms with Crippen LogP contribution in [-0.4, -0.2) is 43.7 Å². The predicted octanol–water partition coefficient (Wildman–Crippen LogP) is 0.454. The first-order chi connectivity index (χ1) is 13.0. The first kappa shape index (κ1) is 19.3. The number of aliphatic hydroxyl groups is 3. The zero-order valence-electron chi connectivity index (χ0n) is 14.7. The molecule has 9 nitrogen and oxygen atoms in total. The smallest absolute Gasteiger partial charge is 0.256 e. The number of aromatic hydroxyl groups is 1. The lowest BCUT2D eigenvalue weighted by Crippen LogP contribution is -2.41. The maximum absolute atomic E-state index is 12.5. The molecule has 0 saturated heterocycles. The number of Topliss-reactive ketones (excluding diaryl/α,β-unsaturated/α-hetero) is 3. The summed E-state index contributed by atoms with van der Waals surface area (Å²) in [6.07, 6.45) is -0.719. The van der Waals surface area contributed by atoms with Gasteiger partial charge in [0.25, 0.3) is 5.91 Å². The van der Waals surface area contributed by atoms with Gasteiger partial charge in [0, 0.05) is 17.9 Å². The summed E-state index contributed by atoms with van der Waals surface area (Å²) in [7, 11) is 0. The fourth-order valence-corrected chi connectivity index (χ4v) is 3.66. The number of phenolic OH excluding ortho intramolecular Hbond substituents is 1. The molecule has 146 valence electrons. The minimum Gasteiger partial charge on any atom is -0.507 e. The van der Waals surface area contributed by atoms with E-state index in [1.807, 2.05) is 0 Å².